The molecule has 0 fully saturated rings. The number of hydrogen-bond donors (Lipinski definition) is 1. The lowest BCUT2D eigenvalue weighted by molar-refractivity contribution is 0.578. The molecule has 1 unspecified atom stereocenters. The fourth-order valence-electron chi connectivity index (χ4n) is 2.16. The highest BCUT2D eigenvalue weighted by Crippen LogP contribution is 2.24. The molecule has 1 N–H and O–H groups in total. The molecule has 0 saturated heterocycles. The summed E-state index contributed by atoms with van der Waals surface area (Å²) in [6.07, 6.45) is 8.06. The SMILES string of the molecule is CCCCCCCC(C)Nc1cccc(Br)c1C. The molecule has 0 radical (unpaired) electrons. The van der Waals surface area contributed by atoms with E-state index in [9.17, 15) is 0 Å². The van der Waals surface area contributed by atoms with E-state index in [2.05, 4.69) is 60.2 Å². The van der Waals surface area contributed by atoms with E-state index in [0.29, 0.717) is 6.04 Å². The molecule has 0 heterocycles. The highest BCUT2D eigenvalue weighted by Gasteiger charge is 2.05. The summed E-state index contributed by atoms with van der Waals surface area (Å²) < 4.78 is 1.18. The van der Waals surface area contributed by atoms with Crippen LogP contribution in [-0.4, -0.2) is 6.04 Å². The standard InChI is InChI=1S/C16H26BrN/c1-4-5-6-7-8-10-13(2)18-16-12-9-11-15(17)14(16)3/h9,11-13,18H,4-8,10H2,1-3H3. The number of anilines is 1. The van der Waals surface area contributed by atoms with Crippen LogP contribution in [0.15, 0.2) is 22.7 Å². The Kier molecular flexibility index (Phi) is 7.41. The van der Waals surface area contributed by atoms with Crippen LogP contribution in [0.1, 0.15) is 57.9 Å². The normalized spacial score (nSPS) is 12.4. The van der Waals surface area contributed by atoms with E-state index in [1.807, 2.05) is 0 Å². The fraction of sp³-hybridized carbons (Fsp3) is 0.625. The number of benzene rings is 1. The minimum Gasteiger partial charge on any atom is -0.382 e. The number of hydrogen-bond acceptors (Lipinski definition) is 1. The lowest BCUT2D eigenvalue weighted by atomic mass is 10.1. The summed E-state index contributed by atoms with van der Waals surface area (Å²) in [6.45, 7) is 6.70. The second kappa shape index (κ2) is 8.58. The van der Waals surface area contributed by atoms with Gasteiger partial charge in [-0.2, -0.15) is 0 Å². The first kappa shape index (κ1) is 15.6. The van der Waals surface area contributed by atoms with Crippen LogP contribution < -0.4 is 5.32 Å². The van der Waals surface area contributed by atoms with Crippen molar-refractivity contribution in [1.29, 1.82) is 0 Å². The highest BCUT2D eigenvalue weighted by atomic mass is 79.9. The summed E-state index contributed by atoms with van der Waals surface area (Å²) in [7, 11) is 0. The molecule has 0 aliphatic rings. The number of unbranched alkanes of at least 4 members (excludes halogenated alkanes) is 4. The molecule has 0 aliphatic carbocycles. The second-order valence-electron chi connectivity index (χ2n) is 5.16. The van der Waals surface area contributed by atoms with E-state index < -0.39 is 0 Å². The zero-order chi connectivity index (χ0) is 13.4. The molecule has 0 aliphatic heterocycles. The minimum absolute atomic E-state index is 0.555. The molecule has 0 saturated carbocycles. The van der Waals surface area contributed by atoms with Crippen LogP contribution in [0.3, 0.4) is 0 Å². The predicted octanol–water partition coefficient (Wildman–Crippen LogP) is 5.92. The van der Waals surface area contributed by atoms with Gasteiger partial charge in [-0.1, -0.05) is 61.0 Å². The predicted molar refractivity (Wildman–Crippen MR) is 85.3 cm³/mol. The van der Waals surface area contributed by atoms with Crippen molar-refractivity contribution in [2.45, 2.75) is 65.3 Å². The van der Waals surface area contributed by atoms with Gasteiger partial charge in [-0.05, 0) is 38.0 Å². The van der Waals surface area contributed by atoms with Crippen molar-refractivity contribution in [2.75, 3.05) is 5.32 Å². The molecule has 1 aromatic carbocycles. The van der Waals surface area contributed by atoms with Crippen LogP contribution in [-0.2, 0) is 0 Å². The zero-order valence-corrected chi connectivity index (χ0v) is 13.5. The smallest absolute Gasteiger partial charge is 0.0383 e. The topological polar surface area (TPSA) is 12.0 Å². The van der Waals surface area contributed by atoms with Gasteiger partial charge in [-0.15, -0.1) is 0 Å². The van der Waals surface area contributed by atoms with E-state index in [1.165, 1.54) is 54.2 Å². The summed E-state index contributed by atoms with van der Waals surface area (Å²) in [5, 5.41) is 3.61. The van der Waals surface area contributed by atoms with Crippen LogP contribution in [0, 0.1) is 6.92 Å². The van der Waals surface area contributed by atoms with E-state index in [0.717, 1.165) is 0 Å². The Bertz CT molecular complexity index is 349. The number of halogens is 1. The summed E-state index contributed by atoms with van der Waals surface area (Å²) in [6, 6.07) is 6.90. The molecule has 102 valence electrons. The Hall–Kier alpha value is -0.500. The van der Waals surface area contributed by atoms with Crippen molar-refractivity contribution in [3.8, 4) is 0 Å². The third kappa shape index (κ3) is 5.43. The molecule has 2 heteroatoms. The summed E-state index contributed by atoms with van der Waals surface area (Å²) >= 11 is 3.58. The van der Waals surface area contributed by atoms with Gasteiger partial charge in [0.05, 0.1) is 0 Å². The van der Waals surface area contributed by atoms with Crippen molar-refractivity contribution in [1.82, 2.24) is 0 Å². The molecule has 1 nitrogen and oxygen atoms in total. The van der Waals surface area contributed by atoms with Crippen molar-refractivity contribution in [3.05, 3.63) is 28.2 Å². The third-order valence-electron chi connectivity index (χ3n) is 3.41. The van der Waals surface area contributed by atoms with Gasteiger partial charge in [-0.25, -0.2) is 0 Å². The Balaban J connectivity index is 2.31. The van der Waals surface area contributed by atoms with Crippen molar-refractivity contribution < 1.29 is 0 Å². The highest BCUT2D eigenvalue weighted by molar-refractivity contribution is 9.10. The first-order valence-electron chi connectivity index (χ1n) is 7.16. The number of rotatable bonds is 8. The Labute approximate surface area is 120 Å². The van der Waals surface area contributed by atoms with Gasteiger partial charge >= 0.3 is 0 Å². The summed E-state index contributed by atoms with van der Waals surface area (Å²) in [5.41, 5.74) is 2.56. The average Bonchev–Trinajstić information content (AvgIpc) is 2.35. The molecular formula is C16H26BrN. The summed E-state index contributed by atoms with van der Waals surface area (Å²) in [4.78, 5) is 0. The van der Waals surface area contributed by atoms with Gasteiger partial charge in [0.1, 0.15) is 0 Å². The quantitative estimate of drug-likeness (QED) is 0.588. The Morgan fingerprint density at radius 2 is 1.89 bits per heavy atom. The van der Waals surface area contributed by atoms with Gasteiger partial charge in [0, 0.05) is 16.2 Å². The first-order chi connectivity index (χ1) is 8.65. The van der Waals surface area contributed by atoms with Gasteiger partial charge in [-0.3, -0.25) is 0 Å². The fourth-order valence-corrected chi connectivity index (χ4v) is 2.52. The van der Waals surface area contributed by atoms with Crippen molar-refractivity contribution in [2.24, 2.45) is 0 Å². The van der Waals surface area contributed by atoms with Crippen LogP contribution in [0.25, 0.3) is 0 Å². The van der Waals surface area contributed by atoms with Gasteiger partial charge < -0.3 is 5.32 Å². The van der Waals surface area contributed by atoms with E-state index >= 15 is 0 Å². The molecule has 0 amide bonds. The lowest BCUT2D eigenvalue weighted by Crippen LogP contribution is -2.15. The number of nitrogens with one attached hydrogen (secondary N) is 1. The molecule has 0 spiro atoms. The molecule has 0 aromatic heterocycles. The summed E-state index contributed by atoms with van der Waals surface area (Å²) in [5.74, 6) is 0. The molecule has 1 aromatic rings. The maximum absolute atomic E-state index is 3.61. The Morgan fingerprint density at radius 1 is 1.17 bits per heavy atom. The van der Waals surface area contributed by atoms with E-state index in [-0.39, 0.29) is 0 Å². The monoisotopic (exact) mass is 311 g/mol. The molecule has 0 bridgehead atoms. The van der Waals surface area contributed by atoms with Crippen LogP contribution in [0.5, 0.6) is 0 Å². The largest absolute Gasteiger partial charge is 0.382 e. The maximum atomic E-state index is 3.61. The Morgan fingerprint density at radius 3 is 2.61 bits per heavy atom. The molecule has 1 atom stereocenters. The van der Waals surface area contributed by atoms with Crippen molar-refractivity contribution in [3.63, 3.8) is 0 Å². The van der Waals surface area contributed by atoms with Crippen molar-refractivity contribution >= 4 is 21.6 Å². The maximum Gasteiger partial charge on any atom is 0.0383 e. The zero-order valence-electron chi connectivity index (χ0n) is 11.9. The lowest BCUT2D eigenvalue weighted by Gasteiger charge is -2.17. The second-order valence-corrected chi connectivity index (χ2v) is 6.02. The third-order valence-corrected chi connectivity index (χ3v) is 4.27. The molecular weight excluding hydrogens is 286 g/mol. The van der Waals surface area contributed by atoms with Gasteiger partial charge in [0.2, 0.25) is 0 Å². The van der Waals surface area contributed by atoms with E-state index in [4.69, 9.17) is 0 Å². The van der Waals surface area contributed by atoms with Crippen LogP contribution in [0.4, 0.5) is 5.69 Å². The van der Waals surface area contributed by atoms with Gasteiger partial charge in [0.15, 0.2) is 0 Å². The molecule has 1 rings (SSSR count). The van der Waals surface area contributed by atoms with Crippen LogP contribution >= 0.6 is 15.9 Å². The minimum atomic E-state index is 0.555. The molecule has 18 heavy (non-hydrogen) atoms. The first-order valence-corrected chi connectivity index (χ1v) is 7.96. The average molecular weight is 312 g/mol. The van der Waals surface area contributed by atoms with Crippen LogP contribution in [0.2, 0.25) is 0 Å². The van der Waals surface area contributed by atoms with E-state index in [1.54, 1.807) is 0 Å². The van der Waals surface area contributed by atoms with Gasteiger partial charge in [0.25, 0.3) is 0 Å².